The molecule has 5 nitrogen and oxygen atoms in total. The van der Waals surface area contributed by atoms with Gasteiger partial charge >= 0.3 is 6.18 Å². The standard InChI is InChI=1S/C14H19F4N3O2S/c1-10-2-3-11(15)12(8-10)24(22,23)20-9-13(14(16,17)18)21-6-4-19-5-7-21/h2-3,8,13,19-20H,4-7,9H2,1H3. The van der Waals surface area contributed by atoms with Gasteiger partial charge in [0.1, 0.15) is 16.8 Å². The van der Waals surface area contributed by atoms with Gasteiger partial charge in [-0.15, -0.1) is 0 Å². The maximum Gasteiger partial charge on any atom is 0.405 e. The molecular formula is C14H19F4N3O2S. The summed E-state index contributed by atoms with van der Waals surface area (Å²) in [5.41, 5.74) is 0.492. The topological polar surface area (TPSA) is 61.4 Å². The fraction of sp³-hybridized carbons (Fsp3) is 0.571. The van der Waals surface area contributed by atoms with E-state index in [1.807, 2.05) is 4.72 Å². The van der Waals surface area contributed by atoms with Crippen molar-refractivity contribution in [3.05, 3.63) is 29.6 Å². The number of piperazine rings is 1. The SMILES string of the molecule is Cc1ccc(F)c(S(=O)(=O)NCC(N2CCNCC2)C(F)(F)F)c1. The van der Waals surface area contributed by atoms with Gasteiger partial charge in [0.05, 0.1) is 0 Å². The van der Waals surface area contributed by atoms with Crippen LogP contribution in [0.5, 0.6) is 0 Å². The molecule has 0 aromatic heterocycles. The molecule has 10 heteroatoms. The first-order valence-electron chi connectivity index (χ1n) is 7.38. The van der Waals surface area contributed by atoms with Crippen LogP contribution in [0.15, 0.2) is 23.1 Å². The smallest absolute Gasteiger partial charge is 0.314 e. The first kappa shape index (κ1) is 19.1. The van der Waals surface area contributed by atoms with Crippen LogP contribution >= 0.6 is 0 Å². The summed E-state index contributed by atoms with van der Waals surface area (Å²) in [7, 11) is -4.37. The number of hydrogen-bond donors (Lipinski definition) is 2. The summed E-state index contributed by atoms with van der Waals surface area (Å²) in [5, 5.41) is 2.94. The van der Waals surface area contributed by atoms with E-state index < -0.39 is 39.5 Å². The predicted octanol–water partition coefficient (Wildman–Crippen LogP) is 1.25. The molecule has 1 saturated heterocycles. The Morgan fingerprint density at radius 1 is 1.29 bits per heavy atom. The molecule has 136 valence electrons. The Morgan fingerprint density at radius 3 is 2.50 bits per heavy atom. The lowest BCUT2D eigenvalue weighted by Crippen LogP contribution is -2.57. The lowest BCUT2D eigenvalue weighted by molar-refractivity contribution is -0.182. The van der Waals surface area contributed by atoms with E-state index in [4.69, 9.17) is 0 Å². The monoisotopic (exact) mass is 369 g/mol. The molecule has 0 saturated carbocycles. The van der Waals surface area contributed by atoms with Crippen LogP contribution in [0.3, 0.4) is 0 Å². The third-order valence-corrected chi connectivity index (χ3v) is 5.25. The van der Waals surface area contributed by atoms with E-state index in [0.717, 1.165) is 12.1 Å². The van der Waals surface area contributed by atoms with Gasteiger partial charge in [0.25, 0.3) is 0 Å². The largest absolute Gasteiger partial charge is 0.405 e. The number of nitrogens with zero attached hydrogens (tertiary/aromatic N) is 1. The molecule has 0 amide bonds. The molecule has 1 heterocycles. The van der Waals surface area contributed by atoms with Crippen LogP contribution in [-0.2, 0) is 10.0 Å². The Morgan fingerprint density at radius 2 is 1.92 bits per heavy atom. The number of sulfonamides is 1. The number of rotatable bonds is 5. The number of aryl methyl sites for hydroxylation is 1. The van der Waals surface area contributed by atoms with Gasteiger partial charge in [-0.05, 0) is 24.6 Å². The highest BCUT2D eigenvalue weighted by Crippen LogP contribution is 2.25. The highest BCUT2D eigenvalue weighted by atomic mass is 32.2. The van der Waals surface area contributed by atoms with Crippen LogP contribution in [-0.4, -0.2) is 58.3 Å². The summed E-state index contributed by atoms with van der Waals surface area (Å²) in [6.45, 7) is 1.81. The average molecular weight is 369 g/mol. The molecular weight excluding hydrogens is 350 g/mol. The van der Waals surface area contributed by atoms with Crippen molar-refractivity contribution < 1.29 is 26.0 Å². The van der Waals surface area contributed by atoms with Gasteiger partial charge in [-0.25, -0.2) is 17.5 Å². The normalized spacial score (nSPS) is 18.5. The second kappa shape index (κ2) is 7.34. The van der Waals surface area contributed by atoms with Gasteiger partial charge in [-0.1, -0.05) is 6.07 Å². The summed E-state index contributed by atoms with van der Waals surface area (Å²) >= 11 is 0. The fourth-order valence-electron chi connectivity index (χ4n) is 2.53. The van der Waals surface area contributed by atoms with Crippen molar-refractivity contribution in [2.24, 2.45) is 0 Å². The molecule has 2 N–H and O–H groups in total. The lowest BCUT2D eigenvalue weighted by Gasteiger charge is -2.35. The van der Waals surface area contributed by atoms with E-state index in [0.29, 0.717) is 18.7 Å². The molecule has 1 fully saturated rings. The van der Waals surface area contributed by atoms with Gasteiger partial charge in [-0.2, -0.15) is 13.2 Å². The molecule has 1 aromatic carbocycles. The quantitative estimate of drug-likeness (QED) is 0.767. The van der Waals surface area contributed by atoms with Crippen LogP contribution in [0.2, 0.25) is 0 Å². The molecule has 1 aliphatic rings. The minimum Gasteiger partial charge on any atom is -0.314 e. The Labute approximate surface area is 138 Å². The Kier molecular flexibility index (Phi) is 5.84. The minimum atomic E-state index is -4.59. The molecule has 1 unspecified atom stereocenters. The van der Waals surface area contributed by atoms with Crippen molar-refractivity contribution in [1.82, 2.24) is 14.9 Å². The van der Waals surface area contributed by atoms with Crippen LogP contribution in [0.1, 0.15) is 5.56 Å². The van der Waals surface area contributed by atoms with Crippen LogP contribution < -0.4 is 10.0 Å². The highest BCUT2D eigenvalue weighted by Gasteiger charge is 2.44. The number of benzene rings is 1. The second-order valence-electron chi connectivity index (χ2n) is 5.63. The van der Waals surface area contributed by atoms with E-state index in [1.54, 1.807) is 6.92 Å². The molecule has 2 rings (SSSR count). The summed E-state index contributed by atoms with van der Waals surface area (Å²) in [6.07, 6.45) is -4.59. The first-order valence-corrected chi connectivity index (χ1v) is 8.87. The zero-order chi connectivity index (χ0) is 18.0. The zero-order valence-electron chi connectivity index (χ0n) is 13.0. The van der Waals surface area contributed by atoms with E-state index in [1.165, 1.54) is 11.0 Å². The highest BCUT2D eigenvalue weighted by molar-refractivity contribution is 7.89. The van der Waals surface area contributed by atoms with Gasteiger partial charge in [-0.3, -0.25) is 4.90 Å². The van der Waals surface area contributed by atoms with Gasteiger partial charge in [0.2, 0.25) is 10.0 Å². The number of alkyl halides is 3. The van der Waals surface area contributed by atoms with Gasteiger partial charge in [0.15, 0.2) is 0 Å². The van der Waals surface area contributed by atoms with E-state index in [2.05, 4.69) is 5.32 Å². The third-order valence-electron chi connectivity index (χ3n) is 3.81. The first-order chi connectivity index (χ1) is 11.1. The second-order valence-corrected chi connectivity index (χ2v) is 7.36. The van der Waals surface area contributed by atoms with Crippen molar-refractivity contribution in [3.63, 3.8) is 0 Å². The summed E-state index contributed by atoms with van der Waals surface area (Å²) in [6, 6.07) is 1.49. The maximum atomic E-state index is 13.7. The summed E-state index contributed by atoms with van der Waals surface area (Å²) in [4.78, 5) is 0.523. The predicted molar refractivity (Wildman–Crippen MR) is 80.6 cm³/mol. The summed E-state index contributed by atoms with van der Waals surface area (Å²) in [5.74, 6) is -1.00. The Hall–Kier alpha value is -1.23. The number of nitrogens with one attached hydrogen (secondary N) is 2. The minimum absolute atomic E-state index is 0.157. The van der Waals surface area contributed by atoms with Crippen LogP contribution in [0, 0.1) is 12.7 Å². The fourth-order valence-corrected chi connectivity index (χ4v) is 3.73. The van der Waals surface area contributed by atoms with Crippen molar-refractivity contribution in [3.8, 4) is 0 Å². The van der Waals surface area contributed by atoms with Crippen LogP contribution in [0.4, 0.5) is 17.6 Å². The number of hydrogen-bond acceptors (Lipinski definition) is 4. The molecule has 24 heavy (non-hydrogen) atoms. The van der Waals surface area contributed by atoms with E-state index >= 15 is 0 Å². The van der Waals surface area contributed by atoms with Crippen molar-refractivity contribution in [2.45, 2.75) is 24.0 Å². The maximum absolute atomic E-state index is 13.7. The van der Waals surface area contributed by atoms with Crippen LogP contribution in [0.25, 0.3) is 0 Å². The van der Waals surface area contributed by atoms with Crippen molar-refractivity contribution >= 4 is 10.0 Å². The lowest BCUT2D eigenvalue weighted by atomic mass is 10.2. The molecule has 1 aliphatic heterocycles. The molecule has 1 atom stereocenters. The Bertz CT molecular complexity index is 673. The Balaban J connectivity index is 2.17. The zero-order valence-corrected chi connectivity index (χ0v) is 13.8. The van der Waals surface area contributed by atoms with Gasteiger partial charge in [0, 0.05) is 32.7 Å². The molecule has 1 aromatic rings. The van der Waals surface area contributed by atoms with Gasteiger partial charge < -0.3 is 5.32 Å². The molecule has 0 radical (unpaired) electrons. The third kappa shape index (κ3) is 4.65. The number of halogens is 4. The molecule has 0 spiro atoms. The van der Waals surface area contributed by atoms with Crippen molar-refractivity contribution in [2.75, 3.05) is 32.7 Å². The van der Waals surface area contributed by atoms with E-state index in [-0.39, 0.29) is 13.1 Å². The van der Waals surface area contributed by atoms with E-state index in [9.17, 15) is 26.0 Å². The summed E-state index contributed by atoms with van der Waals surface area (Å²) < 4.78 is 79.7. The average Bonchev–Trinajstić information content (AvgIpc) is 2.49. The van der Waals surface area contributed by atoms with Crippen molar-refractivity contribution in [1.29, 1.82) is 0 Å². The molecule has 0 aliphatic carbocycles. The molecule has 0 bridgehead atoms.